The molecular weight excluding hydrogens is 295 g/mol. The molecule has 3 aromatic rings. The van der Waals surface area contributed by atoms with Crippen LogP contribution in [-0.4, -0.2) is 20.6 Å². The second-order valence-corrected chi connectivity index (χ2v) is 5.83. The van der Waals surface area contributed by atoms with Crippen molar-refractivity contribution in [2.24, 2.45) is 5.92 Å². The Morgan fingerprint density at radius 3 is 2.39 bits per heavy atom. The maximum atomic E-state index is 13.2. The molecule has 0 spiro atoms. The number of para-hydroxylation sites is 2. The van der Waals surface area contributed by atoms with Crippen molar-refractivity contribution in [3.8, 4) is 11.4 Å². The van der Waals surface area contributed by atoms with Crippen molar-refractivity contribution in [3.05, 3.63) is 54.3 Å². The highest BCUT2D eigenvalue weighted by atomic mass is 19.1. The molecule has 2 aromatic carbocycles. The van der Waals surface area contributed by atoms with Gasteiger partial charge in [-0.2, -0.15) is 0 Å². The van der Waals surface area contributed by atoms with E-state index >= 15 is 0 Å². The van der Waals surface area contributed by atoms with E-state index in [2.05, 4.69) is 4.98 Å². The Kier molecular flexibility index (Phi) is 3.86. The third kappa shape index (κ3) is 2.70. The van der Waals surface area contributed by atoms with E-state index < -0.39 is 12.0 Å². The molecule has 0 bridgehead atoms. The van der Waals surface area contributed by atoms with Gasteiger partial charge in [-0.05, 0) is 42.3 Å². The van der Waals surface area contributed by atoms with Crippen LogP contribution in [0.15, 0.2) is 48.5 Å². The first-order valence-electron chi connectivity index (χ1n) is 7.44. The Balaban J connectivity index is 2.31. The van der Waals surface area contributed by atoms with E-state index in [1.54, 1.807) is 16.7 Å². The summed E-state index contributed by atoms with van der Waals surface area (Å²) in [5, 5.41) is 9.68. The van der Waals surface area contributed by atoms with Crippen LogP contribution < -0.4 is 0 Å². The molecule has 3 rings (SSSR count). The van der Waals surface area contributed by atoms with E-state index in [1.807, 2.05) is 38.1 Å². The number of carboxylic acid groups (broad SMARTS) is 1. The molecule has 0 aliphatic heterocycles. The van der Waals surface area contributed by atoms with Crippen LogP contribution in [0.25, 0.3) is 22.4 Å². The maximum Gasteiger partial charge on any atom is 0.327 e. The van der Waals surface area contributed by atoms with Gasteiger partial charge in [-0.3, -0.25) is 0 Å². The average Bonchev–Trinajstić information content (AvgIpc) is 2.87. The maximum absolute atomic E-state index is 13.2. The van der Waals surface area contributed by atoms with E-state index in [1.165, 1.54) is 12.1 Å². The molecule has 4 nitrogen and oxygen atoms in total. The van der Waals surface area contributed by atoms with Crippen LogP contribution in [0.2, 0.25) is 0 Å². The zero-order valence-corrected chi connectivity index (χ0v) is 12.9. The van der Waals surface area contributed by atoms with Crippen molar-refractivity contribution in [2.45, 2.75) is 19.9 Å². The van der Waals surface area contributed by atoms with Gasteiger partial charge in [0, 0.05) is 5.56 Å². The zero-order chi connectivity index (χ0) is 16.6. The van der Waals surface area contributed by atoms with Crippen LogP contribution in [-0.2, 0) is 4.79 Å². The molecule has 1 aromatic heterocycles. The molecule has 118 valence electrons. The summed E-state index contributed by atoms with van der Waals surface area (Å²) >= 11 is 0. The first-order chi connectivity index (χ1) is 11.0. The number of benzene rings is 2. The van der Waals surface area contributed by atoms with Crippen molar-refractivity contribution < 1.29 is 14.3 Å². The molecule has 0 radical (unpaired) electrons. The van der Waals surface area contributed by atoms with Crippen LogP contribution in [0.5, 0.6) is 0 Å². The summed E-state index contributed by atoms with van der Waals surface area (Å²) < 4.78 is 14.9. The SMILES string of the molecule is CC(C)C(C(=O)O)n1c(-c2ccc(F)cc2)nc2ccccc21. The number of halogens is 1. The third-order valence-corrected chi connectivity index (χ3v) is 3.86. The number of carboxylic acids is 1. The molecule has 0 aliphatic carbocycles. The molecular formula is C18H17FN2O2. The molecule has 1 N–H and O–H groups in total. The predicted octanol–water partition coefficient (Wildman–Crippen LogP) is 4.12. The summed E-state index contributed by atoms with van der Waals surface area (Å²) in [6.45, 7) is 3.73. The van der Waals surface area contributed by atoms with Gasteiger partial charge >= 0.3 is 5.97 Å². The number of rotatable bonds is 4. The van der Waals surface area contributed by atoms with E-state index in [0.717, 1.165) is 11.0 Å². The van der Waals surface area contributed by atoms with Crippen LogP contribution in [0.1, 0.15) is 19.9 Å². The molecule has 23 heavy (non-hydrogen) atoms. The summed E-state index contributed by atoms with van der Waals surface area (Å²) in [7, 11) is 0. The quantitative estimate of drug-likeness (QED) is 0.788. The van der Waals surface area contributed by atoms with Crippen molar-refractivity contribution in [1.82, 2.24) is 9.55 Å². The van der Waals surface area contributed by atoms with Gasteiger partial charge < -0.3 is 9.67 Å². The minimum absolute atomic E-state index is 0.121. The molecule has 1 unspecified atom stereocenters. The molecule has 5 heteroatoms. The number of hydrogen-bond acceptors (Lipinski definition) is 2. The number of nitrogens with zero attached hydrogens (tertiary/aromatic N) is 2. The minimum Gasteiger partial charge on any atom is -0.480 e. The van der Waals surface area contributed by atoms with Crippen molar-refractivity contribution in [1.29, 1.82) is 0 Å². The van der Waals surface area contributed by atoms with Gasteiger partial charge in [0.25, 0.3) is 0 Å². The Hall–Kier alpha value is -2.69. The Morgan fingerprint density at radius 2 is 1.78 bits per heavy atom. The van der Waals surface area contributed by atoms with Crippen molar-refractivity contribution in [3.63, 3.8) is 0 Å². The van der Waals surface area contributed by atoms with Gasteiger partial charge in [-0.25, -0.2) is 14.2 Å². The van der Waals surface area contributed by atoms with Gasteiger partial charge in [0.05, 0.1) is 11.0 Å². The molecule has 0 fully saturated rings. The lowest BCUT2D eigenvalue weighted by molar-refractivity contribution is -0.142. The molecule has 1 heterocycles. The standard InChI is InChI=1S/C18H17FN2O2/c1-11(2)16(18(22)23)21-15-6-4-3-5-14(15)20-17(21)12-7-9-13(19)10-8-12/h3-11,16H,1-2H3,(H,22,23). The summed E-state index contributed by atoms with van der Waals surface area (Å²) in [6, 6.07) is 12.6. The number of aromatic nitrogens is 2. The molecule has 0 amide bonds. The van der Waals surface area contributed by atoms with Crippen molar-refractivity contribution in [2.75, 3.05) is 0 Å². The highest BCUT2D eigenvalue weighted by Crippen LogP contribution is 2.31. The number of hydrogen-bond donors (Lipinski definition) is 1. The average molecular weight is 312 g/mol. The minimum atomic E-state index is -0.911. The van der Waals surface area contributed by atoms with Crippen LogP contribution >= 0.6 is 0 Å². The second kappa shape index (κ2) is 5.83. The molecule has 0 saturated carbocycles. The van der Waals surface area contributed by atoms with E-state index in [4.69, 9.17) is 0 Å². The number of fused-ring (bicyclic) bond motifs is 1. The second-order valence-electron chi connectivity index (χ2n) is 5.83. The molecule has 0 saturated heterocycles. The van der Waals surface area contributed by atoms with Crippen LogP contribution in [0.4, 0.5) is 4.39 Å². The smallest absolute Gasteiger partial charge is 0.327 e. The summed E-state index contributed by atoms with van der Waals surface area (Å²) in [5.41, 5.74) is 2.17. The van der Waals surface area contributed by atoms with Crippen LogP contribution in [0, 0.1) is 11.7 Å². The highest BCUT2D eigenvalue weighted by molar-refractivity contribution is 5.84. The predicted molar refractivity (Wildman–Crippen MR) is 86.6 cm³/mol. The first-order valence-corrected chi connectivity index (χ1v) is 7.44. The largest absolute Gasteiger partial charge is 0.480 e. The van der Waals surface area contributed by atoms with Gasteiger partial charge in [-0.1, -0.05) is 26.0 Å². The number of carbonyl (C=O) groups is 1. The molecule has 1 atom stereocenters. The first kappa shape index (κ1) is 15.2. The Bertz CT molecular complexity index is 853. The normalized spacial score (nSPS) is 12.7. The lowest BCUT2D eigenvalue weighted by atomic mass is 10.0. The highest BCUT2D eigenvalue weighted by Gasteiger charge is 2.28. The fraction of sp³-hybridized carbons (Fsp3) is 0.222. The monoisotopic (exact) mass is 312 g/mol. The summed E-state index contributed by atoms with van der Waals surface area (Å²) in [5.74, 6) is -0.835. The Morgan fingerprint density at radius 1 is 1.13 bits per heavy atom. The fourth-order valence-corrected chi connectivity index (χ4v) is 2.82. The summed E-state index contributed by atoms with van der Waals surface area (Å²) in [4.78, 5) is 16.4. The lowest BCUT2D eigenvalue weighted by Crippen LogP contribution is -2.24. The van der Waals surface area contributed by atoms with Gasteiger partial charge in [-0.15, -0.1) is 0 Å². The van der Waals surface area contributed by atoms with E-state index in [0.29, 0.717) is 11.4 Å². The number of imidazole rings is 1. The fourth-order valence-electron chi connectivity index (χ4n) is 2.82. The molecule has 0 aliphatic rings. The Labute approximate surface area is 133 Å². The third-order valence-electron chi connectivity index (χ3n) is 3.86. The lowest BCUT2D eigenvalue weighted by Gasteiger charge is -2.21. The van der Waals surface area contributed by atoms with E-state index in [9.17, 15) is 14.3 Å². The zero-order valence-electron chi connectivity index (χ0n) is 12.9. The number of aliphatic carboxylic acids is 1. The van der Waals surface area contributed by atoms with Gasteiger partial charge in [0.2, 0.25) is 0 Å². The van der Waals surface area contributed by atoms with Crippen LogP contribution in [0.3, 0.4) is 0 Å². The van der Waals surface area contributed by atoms with Gasteiger partial charge in [0.15, 0.2) is 0 Å². The summed E-state index contributed by atoms with van der Waals surface area (Å²) in [6.07, 6.45) is 0. The van der Waals surface area contributed by atoms with E-state index in [-0.39, 0.29) is 11.7 Å². The van der Waals surface area contributed by atoms with Crippen molar-refractivity contribution >= 4 is 17.0 Å². The van der Waals surface area contributed by atoms with Gasteiger partial charge in [0.1, 0.15) is 17.7 Å². The topological polar surface area (TPSA) is 55.1 Å².